The number of nitrogens with zero attached hydrogens (tertiary/aromatic N) is 1. The Bertz CT molecular complexity index is 1310. The van der Waals surface area contributed by atoms with Crippen molar-refractivity contribution in [2.45, 2.75) is 83.7 Å². The van der Waals surface area contributed by atoms with Gasteiger partial charge in [0.05, 0.1) is 24.0 Å². The van der Waals surface area contributed by atoms with Crippen LogP contribution in [0.3, 0.4) is 0 Å². The Morgan fingerprint density at radius 2 is 2.00 bits per heavy atom. The molecule has 43 heavy (non-hydrogen) atoms. The second-order valence-electron chi connectivity index (χ2n) is 11.3. The van der Waals surface area contributed by atoms with Crippen LogP contribution < -0.4 is 10.1 Å². The third kappa shape index (κ3) is 10.2. The van der Waals surface area contributed by atoms with Crippen molar-refractivity contribution in [2.24, 2.45) is 4.99 Å². The molecule has 4 rings (SSSR count). The average molecular weight is 587 g/mol. The number of amides is 1. The summed E-state index contributed by atoms with van der Waals surface area (Å²) in [5, 5.41) is 12.9. The zero-order valence-corrected chi connectivity index (χ0v) is 25.8. The van der Waals surface area contributed by atoms with E-state index in [0.717, 1.165) is 72.4 Å². The van der Waals surface area contributed by atoms with E-state index < -0.39 is 12.2 Å². The van der Waals surface area contributed by atoms with Gasteiger partial charge >= 0.3 is 6.09 Å². The SMILES string of the molecule is CN=C(C1=CCC/C(C(C)O)=C\C=C1)c1cc(O[C@H](C)CCNC(=O)OCc2ccccc2)ccc1CC1CCCCO1. The summed E-state index contributed by atoms with van der Waals surface area (Å²) < 4.78 is 17.7. The van der Waals surface area contributed by atoms with Gasteiger partial charge in [0.15, 0.2) is 0 Å². The topological polar surface area (TPSA) is 89.4 Å². The molecule has 2 unspecified atom stereocenters. The molecule has 1 heterocycles. The van der Waals surface area contributed by atoms with Gasteiger partial charge < -0.3 is 24.6 Å². The normalized spacial score (nSPS) is 20.1. The lowest BCUT2D eigenvalue weighted by Crippen LogP contribution is -2.28. The van der Waals surface area contributed by atoms with Crippen LogP contribution in [0.1, 0.15) is 69.1 Å². The molecule has 1 aliphatic heterocycles. The second kappa shape index (κ2) is 16.8. The standard InChI is InChI=1S/C36H46N2O5/c1-26(20-21-38-36(40)42-25-28-11-5-4-6-12-28)43-33-19-18-31(23-32-17-7-8-22-41-32)34(24-33)35(37-3)30-15-9-13-29(27(2)39)14-10-16-30/h4-6,9,11-13,15-16,18-19,24,26-27,32,39H,7-8,10,14,17,20-23,25H2,1-3H3,(H,38,40)/b15-9?,29-13+,30-16?,37-35?/t26-,27?,32?/m1/s1. The fourth-order valence-corrected chi connectivity index (χ4v) is 5.43. The van der Waals surface area contributed by atoms with E-state index in [0.29, 0.717) is 13.0 Å². The van der Waals surface area contributed by atoms with Crippen molar-refractivity contribution in [3.8, 4) is 5.75 Å². The van der Waals surface area contributed by atoms with Crippen molar-refractivity contribution in [3.05, 3.63) is 101 Å². The first kappa shape index (κ1) is 32.2. The van der Waals surface area contributed by atoms with Crippen LogP contribution in [0.4, 0.5) is 4.79 Å². The number of rotatable bonds is 12. The van der Waals surface area contributed by atoms with Crippen molar-refractivity contribution in [2.75, 3.05) is 20.2 Å². The molecular formula is C36H46N2O5. The maximum atomic E-state index is 12.1. The highest BCUT2D eigenvalue weighted by atomic mass is 16.5. The Morgan fingerprint density at radius 3 is 2.74 bits per heavy atom. The molecule has 2 N–H and O–H groups in total. The van der Waals surface area contributed by atoms with E-state index in [-0.39, 0.29) is 18.8 Å². The molecule has 0 radical (unpaired) electrons. The summed E-state index contributed by atoms with van der Waals surface area (Å²) in [4.78, 5) is 16.9. The molecule has 1 aliphatic carbocycles. The maximum absolute atomic E-state index is 12.1. The predicted octanol–water partition coefficient (Wildman–Crippen LogP) is 6.88. The Kier molecular flexibility index (Phi) is 12.6. The summed E-state index contributed by atoms with van der Waals surface area (Å²) >= 11 is 0. The smallest absolute Gasteiger partial charge is 0.407 e. The first-order valence-corrected chi connectivity index (χ1v) is 15.5. The molecule has 2 aromatic rings. The first-order chi connectivity index (χ1) is 20.9. The Balaban J connectivity index is 1.43. The molecule has 3 atom stereocenters. The molecule has 0 saturated carbocycles. The Morgan fingerprint density at radius 1 is 1.16 bits per heavy atom. The van der Waals surface area contributed by atoms with Gasteiger partial charge in [-0.05, 0) is 86.8 Å². The number of aliphatic hydroxyl groups excluding tert-OH is 1. The fraction of sp³-hybridized carbons (Fsp3) is 0.444. The lowest BCUT2D eigenvalue weighted by Gasteiger charge is -2.25. The third-order valence-electron chi connectivity index (χ3n) is 7.85. The van der Waals surface area contributed by atoms with Crippen molar-refractivity contribution in [1.82, 2.24) is 5.32 Å². The lowest BCUT2D eigenvalue weighted by molar-refractivity contribution is 0.0167. The monoisotopic (exact) mass is 586 g/mol. The lowest BCUT2D eigenvalue weighted by atomic mass is 9.90. The summed E-state index contributed by atoms with van der Waals surface area (Å²) in [6.07, 6.45) is 13.9. The van der Waals surface area contributed by atoms with E-state index in [1.165, 1.54) is 12.0 Å². The van der Waals surface area contributed by atoms with Crippen molar-refractivity contribution in [1.29, 1.82) is 0 Å². The van der Waals surface area contributed by atoms with E-state index in [1.807, 2.05) is 69.4 Å². The van der Waals surface area contributed by atoms with Gasteiger partial charge in [-0.1, -0.05) is 60.7 Å². The summed E-state index contributed by atoms with van der Waals surface area (Å²) in [7, 11) is 1.83. The van der Waals surface area contributed by atoms with Gasteiger partial charge in [0.25, 0.3) is 0 Å². The molecule has 7 heteroatoms. The zero-order valence-electron chi connectivity index (χ0n) is 25.8. The van der Waals surface area contributed by atoms with Crippen molar-refractivity contribution in [3.63, 3.8) is 0 Å². The van der Waals surface area contributed by atoms with Gasteiger partial charge in [-0.25, -0.2) is 4.79 Å². The highest BCUT2D eigenvalue weighted by molar-refractivity contribution is 6.15. The van der Waals surface area contributed by atoms with E-state index in [4.69, 9.17) is 19.2 Å². The van der Waals surface area contributed by atoms with Crippen molar-refractivity contribution >= 4 is 11.8 Å². The van der Waals surface area contributed by atoms with Gasteiger partial charge in [0, 0.05) is 32.2 Å². The Hall–Kier alpha value is -3.68. The summed E-state index contributed by atoms with van der Waals surface area (Å²) in [6.45, 7) is 5.31. The van der Waals surface area contributed by atoms with Gasteiger partial charge in [-0.2, -0.15) is 0 Å². The minimum absolute atomic E-state index is 0.124. The van der Waals surface area contributed by atoms with Crippen LogP contribution in [-0.2, 0) is 22.5 Å². The molecular weight excluding hydrogens is 540 g/mol. The number of aliphatic imine (C=N–C) groups is 1. The molecule has 1 amide bonds. The van der Waals surface area contributed by atoms with Crippen LogP contribution in [0.25, 0.3) is 0 Å². The predicted molar refractivity (Wildman–Crippen MR) is 172 cm³/mol. The van der Waals surface area contributed by atoms with Gasteiger partial charge in [0.1, 0.15) is 12.4 Å². The van der Waals surface area contributed by atoms with E-state index >= 15 is 0 Å². The molecule has 1 saturated heterocycles. The first-order valence-electron chi connectivity index (χ1n) is 15.5. The molecule has 7 nitrogen and oxygen atoms in total. The molecule has 1 fully saturated rings. The molecule has 0 aromatic heterocycles. The number of alkyl carbamates (subject to hydrolysis) is 1. The number of benzene rings is 2. The van der Waals surface area contributed by atoms with Crippen LogP contribution in [0, 0.1) is 0 Å². The number of hydrogen-bond acceptors (Lipinski definition) is 6. The average Bonchev–Trinajstić information content (AvgIpc) is 2.99. The number of carbonyl (C=O) groups excluding carboxylic acids is 1. The maximum Gasteiger partial charge on any atom is 0.407 e. The van der Waals surface area contributed by atoms with Crippen molar-refractivity contribution < 1.29 is 24.1 Å². The molecule has 2 aromatic carbocycles. The quantitative estimate of drug-likeness (QED) is 0.265. The minimum atomic E-state index is -0.452. The number of ether oxygens (including phenoxy) is 3. The van der Waals surface area contributed by atoms with Crippen LogP contribution in [0.5, 0.6) is 5.75 Å². The summed E-state index contributed by atoms with van der Waals surface area (Å²) in [6, 6.07) is 15.9. The molecule has 2 aliphatic rings. The number of nitrogens with one attached hydrogen (secondary N) is 1. The van der Waals surface area contributed by atoms with Gasteiger partial charge in [0.2, 0.25) is 0 Å². The van der Waals surface area contributed by atoms with Crippen LogP contribution in [0.2, 0.25) is 0 Å². The third-order valence-corrected chi connectivity index (χ3v) is 7.85. The highest BCUT2D eigenvalue weighted by Gasteiger charge is 2.20. The summed E-state index contributed by atoms with van der Waals surface area (Å²) in [5.41, 5.74) is 6.17. The molecule has 230 valence electrons. The largest absolute Gasteiger partial charge is 0.491 e. The Labute approximate surface area is 256 Å². The molecule has 0 spiro atoms. The zero-order chi connectivity index (χ0) is 30.4. The number of aliphatic hydroxyl groups is 1. The van der Waals surface area contributed by atoms with E-state index in [9.17, 15) is 9.90 Å². The molecule has 0 bridgehead atoms. The number of allylic oxidation sites excluding steroid dienone is 5. The van der Waals surface area contributed by atoms with E-state index in [1.54, 1.807) is 0 Å². The summed E-state index contributed by atoms with van der Waals surface area (Å²) in [5.74, 6) is 0.760. The van der Waals surface area contributed by atoms with Crippen LogP contribution >= 0.6 is 0 Å². The van der Waals surface area contributed by atoms with Crippen LogP contribution in [-0.4, -0.2) is 55.4 Å². The van der Waals surface area contributed by atoms with E-state index in [2.05, 4.69) is 29.6 Å². The number of hydrogen-bond donors (Lipinski definition) is 2. The van der Waals surface area contributed by atoms with Crippen LogP contribution in [0.15, 0.2) is 89.0 Å². The number of carbonyl (C=O) groups is 1. The second-order valence-corrected chi connectivity index (χ2v) is 11.3. The fourth-order valence-electron chi connectivity index (χ4n) is 5.43. The minimum Gasteiger partial charge on any atom is -0.491 e. The van der Waals surface area contributed by atoms with Gasteiger partial charge in [-0.3, -0.25) is 4.99 Å². The van der Waals surface area contributed by atoms with Gasteiger partial charge in [-0.15, -0.1) is 0 Å². The highest BCUT2D eigenvalue weighted by Crippen LogP contribution is 2.28.